The molecule has 0 bridgehead atoms. The quantitative estimate of drug-likeness (QED) is 0.461. The number of pyridine rings is 1. The topological polar surface area (TPSA) is 98.8 Å². The summed E-state index contributed by atoms with van der Waals surface area (Å²) in [5.41, 5.74) is -0.00171. The van der Waals surface area contributed by atoms with Crippen molar-refractivity contribution in [1.29, 1.82) is 0 Å². The number of aromatic nitrogens is 4. The Balaban J connectivity index is 1.66. The van der Waals surface area contributed by atoms with E-state index in [0.717, 1.165) is 25.9 Å². The fraction of sp³-hybridized carbons (Fsp3) is 0.364. The zero-order valence-electron chi connectivity index (χ0n) is 10.3. The Labute approximate surface area is 109 Å². The van der Waals surface area contributed by atoms with Crippen molar-refractivity contribution in [3.05, 3.63) is 41.1 Å². The Kier molecular flexibility index (Phi) is 4.38. The molecule has 2 rings (SSSR count). The van der Waals surface area contributed by atoms with Gasteiger partial charge in [0, 0.05) is 19.2 Å². The molecule has 0 aromatic carbocycles. The SMILES string of the molecule is O=[N+]([O-])c1ccc(NCCCCn2cnnc2)nc1. The maximum Gasteiger partial charge on any atom is 0.287 e. The van der Waals surface area contributed by atoms with Gasteiger partial charge in [0.15, 0.2) is 0 Å². The number of aryl methyl sites for hydroxylation is 1. The van der Waals surface area contributed by atoms with Gasteiger partial charge in [0.1, 0.15) is 24.7 Å². The molecule has 0 radical (unpaired) electrons. The summed E-state index contributed by atoms with van der Waals surface area (Å²) in [6.45, 7) is 1.65. The van der Waals surface area contributed by atoms with Crippen LogP contribution in [0.15, 0.2) is 31.0 Å². The van der Waals surface area contributed by atoms with E-state index in [1.54, 1.807) is 18.7 Å². The molecule has 2 heterocycles. The van der Waals surface area contributed by atoms with Gasteiger partial charge in [0.05, 0.1) is 4.92 Å². The molecule has 0 aliphatic heterocycles. The summed E-state index contributed by atoms with van der Waals surface area (Å²) in [7, 11) is 0. The Morgan fingerprint density at radius 3 is 2.68 bits per heavy atom. The number of hydrogen-bond acceptors (Lipinski definition) is 6. The number of nitrogens with one attached hydrogen (secondary N) is 1. The highest BCUT2D eigenvalue weighted by atomic mass is 16.6. The minimum atomic E-state index is -0.462. The second kappa shape index (κ2) is 6.43. The van der Waals surface area contributed by atoms with Crippen LogP contribution in [-0.2, 0) is 6.54 Å². The van der Waals surface area contributed by atoms with E-state index in [-0.39, 0.29) is 5.69 Å². The predicted octanol–water partition coefficient (Wildman–Crippen LogP) is 1.47. The number of nitrogens with zero attached hydrogens (tertiary/aromatic N) is 5. The standard InChI is InChI=1S/C11H14N6O2/c18-17(19)10-3-4-11(13-7-10)12-5-1-2-6-16-8-14-15-9-16/h3-4,7-9H,1-2,5-6H2,(H,12,13). The van der Waals surface area contributed by atoms with Crippen LogP contribution in [0.3, 0.4) is 0 Å². The van der Waals surface area contributed by atoms with E-state index < -0.39 is 4.92 Å². The Morgan fingerprint density at radius 2 is 2.05 bits per heavy atom. The first kappa shape index (κ1) is 12.9. The molecule has 0 unspecified atom stereocenters. The van der Waals surface area contributed by atoms with Crippen molar-refractivity contribution in [2.45, 2.75) is 19.4 Å². The second-order valence-corrected chi connectivity index (χ2v) is 3.99. The van der Waals surface area contributed by atoms with Gasteiger partial charge in [-0.15, -0.1) is 10.2 Å². The van der Waals surface area contributed by atoms with Crippen molar-refractivity contribution in [3.8, 4) is 0 Å². The van der Waals surface area contributed by atoms with Crippen LogP contribution in [0, 0.1) is 10.1 Å². The minimum Gasteiger partial charge on any atom is -0.370 e. The Morgan fingerprint density at radius 1 is 1.26 bits per heavy atom. The van der Waals surface area contributed by atoms with Crippen molar-refractivity contribution >= 4 is 11.5 Å². The van der Waals surface area contributed by atoms with Gasteiger partial charge in [-0.05, 0) is 18.9 Å². The molecule has 0 amide bonds. The van der Waals surface area contributed by atoms with E-state index in [4.69, 9.17) is 0 Å². The van der Waals surface area contributed by atoms with Gasteiger partial charge in [0.2, 0.25) is 0 Å². The van der Waals surface area contributed by atoms with Crippen LogP contribution in [0.25, 0.3) is 0 Å². The fourth-order valence-corrected chi connectivity index (χ4v) is 1.57. The third kappa shape index (κ3) is 4.02. The summed E-state index contributed by atoms with van der Waals surface area (Å²) in [5.74, 6) is 0.648. The number of anilines is 1. The number of hydrogen-bond donors (Lipinski definition) is 1. The molecule has 0 fully saturated rings. The molecule has 100 valence electrons. The number of rotatable bonds is 7. The molecule has 0 saturated heterocycles. The average Bonchev–Trinajstić information content (AvgIpc) is 2.92. The molecule has 19 heavy (non-hydrogen) atoms. The monoisotopic (exact) mass is 262 g/mol. The van der Waals surface area contributed by atoms with Gasteiger partial charge in [-0.25, -0.2) is 4.98 Å². The molecular formula is C11H14N6O2. The number of nitro groups is 1. The Bertz CT molecular complexity index is 510. The lowest BCUT2D eigenvalue weighted by Crippen LogP contribution is -2.05. The lowest BCUT2D eigenvalue weighted by atomic mass is 10.3. The molecule has 2 aromatic heterocycles. The highest BCUT2D eigenvalue weighted by Gasteiger charge is 2.04. The summed E-state index contributed by atoms with van der Waals surface area (Å²) in [6.07, 6.45) is 6.59. The van der Waals surface area contributed by atoms with Crippen LogP contribution in [-0.4, -0.2) is 31.2 Å². The molecule has 0 spiro atoms. The molecule has 0 saturated carbocycles. The van der Waals surface area contributed by atoms with Crippen LogP contribution in [0.2, 0.25) is 0 Å². The molecular weight excluding hydrogens is 248 g/mol. The maximum atomic E-state index is 10.5. The fourth-order valence-electron chi connectivity index (χ4n) is 1.57. The van der Waals surface area contributed by atoms with Crippen molar-refractivity contribution in [1.82, 2.24) is 19.7 Å². The van der Waals surface area contributed by atoms with Crippen molar-refractivity contribution in [3.63, 3.8) is 0 Å². The summed E-state index contributed by atoms with van der Waals surface area (Å²) in [5, 5.41) is 21.0. The average molecular weight is 262 g/mol. The van der Waals surface area contributed by atoms with E-state index in [1.807, 2.05) is 4.57 Å². The van der Waals surface area contributed by atoms with Gasteiger partial charge in [-0.3, -0.25) is 10.1 Å². The highest BCUT2D eigenvalue weighted by Crippen LogP contribution is 2.11. The van der Waals surface area contributed by atoms with Crippen LogP contribution in [0.5, 0.6) is 0 Å². The van der Waals surface area contributed by atoms with Gasteiger partial charge < -0.3 is 9.88 Å². The maximum absolute atomic E-state index is 10.5. The summed E-state index contributed by atoms with van der Waals surface area (Å²) < 4.78 is 1.92. The first-order valence-electron chi connectivity index (χ1n) is 5.92. The summed E-state index contributed by atoms with van der Waals surface area (Å²) >= 11 is 0. The second-order valence-electron chi connectivity index (χ2n) is 3.99. The van der Waals surface area contributed by atoms with E-state index in [1.165, 1.54) is 12.3 Å². The first-order valence-corrected chi connectivity index (χ1v) is 5.92. The Hall–Kier alpha value is -2.51. The number of unbranched alkanes of at least 4 members (excludes halogenated alkanes) is 1. The third-order valence-corrected chi connectivity index (χ3v) is 2.57. The summed E-state index contributed by atoms with van der Waals surface area (Å²) in [4.78, 5) is 14.0. The van der Waals surface area contributed by atoms with Crippen LogP contribution in [0.1, 0.15) is 12.8 Å². The van der Waals surface area contributed by atoms with Crippen LogP contribution >= 0.6 is 0 Å². The van der Waals surface area contributed by atoms with Crippen molar-refractivity contribution in [2.75, 3.05) is 11.9 Å². The van der Waals surface area contributed by atoms with Gasteiger partial charge >= 0.3 is 0 Å². The smallest absolute Gasteiger partial charge is 0.287 e. The molecule has 8 heteroatoms. The van der Waals surface area contributed by atoms with Crippen LogP contribution in [0.4, 0.5) is 11.5 Å². The molecule has 1 N–H and O–H groups in total. The minimum absolute atomic E-state index is 0.00171. The molecule has 0 aliphatic rings. The van der Waals surface area contributed by atoms with E-state index >= 15 is 0 Å². The lowest BCUT2D eigenvalue weighted by Gasteiger charge is -2.05. The van der Waals surface area contributed by atoms with E-state index in [0.29, 0.717) is 5.82 Å². The van der Waals surface area contributed by atoms with Gasteiger partial charge in [-0.1, -0.05) is 0 Å². The molecule has 2 aromatic rings. The third-order valence-electron chi connectivity index (χ3n) is 2.57. The van der Waals surface area contributed by atoms with Gasteiger partial charge in [-0.2, -0.15) is 0 Å². The van der Waals surface area contributed by atoms with E-state index in [9.17, 15) is 10.1 Å². The first-order chi connectivity index (χ1) is 9.25. The van der Waals surface area contributed by atoms with Gasteiger partial charge in [0.25, 0.3) is 5.69 Å². The highest BCUT2D eigenvalue weighted by molar-refractivity contribution is 5.39. The largest absolute Gasteiger partial charge is 0.370 e. The summed E-state index contributed by atoms with van der Waals surface area (Å²) in [6, 6.07) is 3.05. The van der Waals surface area contributed by atoms with Crippen molar-refractivity contribution in [2.24, 2.45) is 0 Å². The van der Waals surface area contributed by atoms with Crippen molar-refractivity contribution < 1.29 is 4.92 Å². The zero-order chi connectivity index (χ0) is 13.5. The van der Waals surface area contributed by atoms with Crippen LogP contribution < -0.4 is 5.32 Å². The predicted molar refractivity (Wildman–Crippen MR) is 68.6 cm³/mol. The zero-order valence-corrected chi connectivity index (χ0v) is 10.3. The molecule has 0 aliphatic carbocycles. The van der Waals surface area contributed by atoms with E-state index in [2.05, 4.69) is 20.5 Å². The lowest BCUT2D eigenvalue weighted by molar-refractivity contribution is -0.385. The molecule has 0 atom stereocenters. The normalized spacial score (nSPS) is 10.3. The molecule has 8 nitrogen and oxygen atoms in total.